The van der Waals surface area contributed by atoms with E-state index in [2.05, 4.69) is 67.7 Å². The Morgan fingerprint density at radius 1 is 0.958 bits per heavy atom. The minimum Gasteiger partial charge on any atom is -1.00 e. The molecule has 4 rings (SSSR count). The number of benzene rings is 2. The van der Waals surface area contributed by atoms with E-state index in [1.54, 1.807) is 0 Å². The van der Waals surface area contributed by atoms with Gasteiger partial charge in [0.25, 0.3) is 0 Å². The van der Waals surface area contributed by atoms with E-state index >= 15 is 0 Å². The standard InChI is InChI=1S/C13H9.C5H5.C2H7Si.2ClH.Ti/c1-3-7-12-10(5-1)9-11-6-2-4-8-13(11)12;1-2-4-5-3-1;1-3-2;;;/h1-5,7-8H,9H2;1-3H,4H2;3H,1-2H3;2*1H;/q2*-1;;;;+4/p-2. The van der Waals surface area contributed by atoms with Crippen LogP contribution >= 0.6 is 0 Å². The molecule has 0 atom stereocenters. The fraction of sp³-hybridized carbons (Fsp3) is 0.200. The van der Waals surface area contributed by atoms with Gasteiger partial charge in [0.05, 0.1) is 0 Å². The Bertz CT molecular complexity index is 586. The van der Waals surface area contributed by atoms with E-state index in [4.69, 9.17) is 0 Å². The number of fused-ring (bicyclic) bond motifs is 3. The molecular weight excluding hydrogens is 387 g/mol. The van der Waals surface area contributed by atoms with Crippen LogP contribution in [0.4, 0.5) is 0 Å². The third-order valence-electron chi connectivity index (χ3n) is 3.20. The van der Waals surface area contributed by atoms with Gasteiger partial charge in [-0.3, -0.25) is 6.08 Å². The Hall–Kier alpha value is -0.569. The van der Waals surface area contributed by atoms with E-state index < -0.39 is 0 Å². The van der Waals surface area contributed by atoms with Crippen LogP contribution in [0.5, 0.6) is 0 Å². The second kappa shape index (κ2) is 14.7. The summed E-state index contributed by atoms with van der Waals surface area (Å²) in [6.45, 7) is 4.42. The Morgan fingerprint density at radius 3 is 2.21 bits per heavy atom. The van der Waals surface area contributed by atoms with Gasteiger partial charge in [-0.2, -0.15) is 35.9 Å². The van der Waals surface area contributed by atoms with Crippen LogP contribution in [-0.2, 0) is 28.1 Å². The van der Waals surface area contributed by atoms with Crippen LogP contribution in [-0.4, -0.2) is 9.52 Å². The molecule has 0 bridgehead atoms. The normalized spacial score (nSPS) is 11.1. The third kappa shape index (κ3) is 7.55. The summed E-state index contributed by atoms with van der Waals surface area (Å²) in [6, 6.07) is 18.1. The number of halogens is 2. The molecule has 2 aromatic carbocycles. The minimum absolute atomic E-state index is 0. The third-order valence-corrected chi connectivity index (χ3v) is 3.20. The predicted octanol–water partition coefficient (Wildman–Crippen LogP) is -1.11. The van der Waals surface area contributed by atoms with Gasteiger partial charge in [0.2, 0.25) is 0 Å². The molecule has 24 heavy (non-hydrogen) atoms. The van der Waals surface area contributed by atoms with Gasteiger partial charge >= 0.3 is 21.7 Å². The van der Waals surface area contributed by atoms with Crippen molar-refractivity contribution < 1.29 is 46.5 Å². The van der Waals surface area contributed by atoms with Crippen molar-refractivity contribution in [2.24, 2.45) is 0 Å². The van der Waals surface area contributed by atoms with E-state index in [1.807, 2.05) is 18.2 Å². The van der Waals surface area contributed by atoms with Crippen LogP contribution in [0.3, 0.4) is 0 Å². The minimum atomic E-state index is 0. The molecule has 1 radical (unpaired) electrons. The molecule has 123 valence electrons. The van der Waals surface area contributed by atoms with E-state index in [0.29, 0.717) is 0 Å². The second-order valence-electron chi connectivity index (χ2n) is 4.98. The molecule has 0 spiro atoms. The van der Waals surface area contributed by atoms with Gasteiger partial charge in [0.15, 0.2) is 0 Å². The van der Waals surface area contributed by atoms with Gasteiger partial charge in [-0.1, -0.05) is 48.5 Å². The fourth-order valence-electron chi connectivity index (χ4n) is 2.34. The van der Waals surface area contributed by atoms with Crippen LogP contribution in [0, 0.1) is 12.1 Å². The first-order valence-electron chi connectivity index (χ1n) is 7.40. The Morgan fingerprint density at radius 2 is 1.62 bits per heavy atom. The first-order chi connectivity index (χ1) is 10.4. The maximum absolute atomic E-state index is 3.30. The molecule has 0 saturated carbocycles. The zero-order valence-electron chi connectivity index (χ0n) is 14.0. The van der Waals surface area contributed by atoms with Crippen molar-refractivity contribution in [1.29, 1.82) is 0 Å². The number of rotatable bonds is 0. The zero-order valence-corrected chi connectivity index (χ0v) is 18.2. The Balaban J connectivity index is 0. The first kappa shape index (κ1) is 25.7. The molecule has 0 unspecified atom stereocenters. The van der Waals surface area contributed by atoms with Crippen molar-refractivity contribution in [2.45, 2.75) is 25.9 Å². The van der Waals surface area contributed by atoms with Gasteiger partial charge in [-0.15, -0.1) is 12.0 Å². The number of hydrogen-bond donors (Lipinski definition) is 0. The van der Waals surface area contributed by atoms with Gasteiger partial charge in [-0.25, -0.2) is 12.2 Å². The van der Waals surface area contributed by atoms with Crippen molar-refractivity contribution in [3.05, 3.63) is 84.0 Å². The summed E-state index contributed by atoms with van der Waals surface area (Å²) in [4.78, 5) is 0. The molecular formula is C20H21Cl2SiTi. The van der Waals surface area contributed by atoms with Crippen LogP contribution in [0.2, 0.25) is 13.1 Å². The van der Waals surface area contributed by atoms with Crippen molar-refractivity contribution in [3.8, 4) is 11.1 Å². The van der Waals surface area contributed by atoms with Crippen LogP contribution in [0.15, 0.2) is 60.7 Å². The van der Waals surface area contributed by atoms with Gasteiger partial charge in [0.1, 0.15) is 0 Å². The average molecular weight is 408 g/mol. The Labute approximate surface area is 176 Å². The van der Waals surface area contributed by atoms with E-state index in [9.17, 15) is 0 Å². The second-order valence-corrected chi connectivity index (χ2v) is 6.13. The summed E-state index contributed by atoms with van der Waals surface area (Å²) in [5, 5.41) is 0. The largest absolute Gasteiger partial charge is 4.00 e. The average Bonchev–Trinajstić information content (AvgIpc) is 3.19. The summed E-state index contributed by atoms with van der Waals surface area (Å²) >= 11 is 0. The van der Waals surface area contributed by atoms with Crippen LogP contribution in [0.1, 0.15) is 17.5 Å². The monoisotopic (exact) mass is 407 g/mol. The molecule has 2 aromatic rings. The first-order valence-corrected chi connectivity index (χ1v) is 9.71. The smallest absolute Gasteiger partial charge is 1.00 e. The van der Waals surface area contributed by atoms with Crippen LogP contribution in [0.25, 0.3) is 11.1 Å². The topological polar surface area (TPSA) is 0 Å². The van der Waals surface area contributed by atoms with Crippen molar-refractivity contribution >= 4 is 9.52 Å². The fourth-order valence-corrected chi connectivity index (χ4v) is 2.34. The summed E-state index contributed by atoms with van der Waals surface area (Å²) < 4.78 is 0. The van der Waals surface area contributed by atoms with E-state index in [0.717, 1.165) is 22.4 Å². The Kier molecular flexibility index (Phi) is 15.8. The van der Waals surface area contributed by atoms with E-state index in [-0.39, 0.29) is 46.5 Å². The molecule has 2 aliphatic rings. The molecule has 0 heterocycles. The van der Waals surface area contributed by atoms with Crippen molar-refractivity contribution in [3.63, 3.8) is 0 Å². The van der Waals surface area contributed by atoms with Gasteiger partial charge < -0.3 is 24.8 Å². The predicted molar refractivity (Wildman–Crippen MR) is 94.0 cm³/mol. The molecule has 0 amide bonds. The maximum atomic E-state index is 3.30. The van der Waals surface area contributed by atoms with Gasteiger partial charge in [0, 0.05) is 9.52 Å². The summed E-state index contributed by atoms with van der Waals surface area (Å²) in [5.74, 6) is 0. The summed E-state index contributed by atoms with van der Waals surface area (Å²) in [5.41, 5.74) is 5.51. The summed E-state index contributed by atoms with van der Waals surface area (Å²) in [6.07, 6.45) is 11.0. The maximum Gasteiger partial charge on any atom is 4.00 e. The molecule has 0 aromatic heterocycles. The zero-order chi connectivity index (χ0) is 14.9. The molecule has 0 aliphatic heterocycles. The van der Waals surface area contributed by atoms with Gasteiger partial charge in [-0.05, 0) is 6.42 Å². The molecule has 4 heteroatoms. The molecule has 0 nitrogen and oxygen atoms in total. The summed E-state index contributed by atoms with van der Waals surface area (Å²) in [7, 11) is 0.750. The van der Waals surface area contributed by atoms with Crippen LogP contribution < -0.4 is 24.8 Å². The number of hydrogen-bond acceptors (Lipinski definition) is 0. The molecule has 2 aliphatic carbocycles. The van der Waals surface area contributed by atoms with Crippen molar-refractivity contribution in [2.75, 3.05) is 0 Å². The molecule has 0 N–H and O–H groups in total. The molecule has 0 fully saturated rings. The SMILES string of the molecule is C[SiH]C.[C-]1=CC=CC1.[Cl-].[Cl-].[Ti+4].[c-]1cccc2c1Cc1ccccc1-2. The van der Waals surface area contributed by atoms with Crippen molar-refractivity contribution in [1.82, 2.24) is 0 Å². The van der Waals surface area contributed by atoms with E-state index in [1.165, 1.54) is 22.3 Å². The molecule has 0 saturated heterocycles. The quantitative estimate of drug-likeness (QED) is 0.327. The number of allylic oxidation sites excluding steroid dienone is 4.